The summed E-state index contributed by atoms with van der Waals surface area (Å²) in [5, 5.41) is 8.71. The van der Waals surface area contributed by atoms with Gasteiger partial charge < -0.3 is 11.1 Å². The van der Waals surface area contributed by atoms with E-state index in [1.165, 1.54) is 0 Å². The van der Waals surface area contributed by atoms with Crippen LogP contribution in [0.3, 0.4) is 0 Å². The van der Waals surface area contributed by atoms with Gasteiger partial charge in [0.1, 0.15) is 0 Å². The number of nitrogens with zero attached hydrogens (tertiary/aromatic N) is 1. The van der Waals surface area contributed by atoms with Crippen LogP contribution in [0.15, 0.2) is 9.59 Å². The molecule has 2 rings (SSSR count). The second-order valence-electron chi connectivity index (χ2n) is 4.09. The summed E-state index contributed by atoms with van der Waals surface area (Å²) in [4.78, 5) is 24.1. The fraction of sp³-hybridized carbons (Fsp3) is 0.667. The molecule has 2 atom stereocenters. The van der Waals surface area contributed by atoms with Gasteiger partial charge in [-0.05, 0) is 18.8 Å². The third-order valence-corrected chi connectivity index (χ3v) is 2.96. The molecule has 0 bridgehead atoms. The van der Waals surface area contributed by atoms with Crippen LogP contribution < -0.4 is 22.3 Å². The fourth-order valence-electron chi connectivity index (χ4n) is 2.01. The van der Waals surface area contributed by atoms with E-state index in [9.17, 15) is 9.59 Å². The largest absolute Gasteiger partial charge is 0.364 e. The van der Waals surface area contributed by atoms with E-state index in [-0.39, 0.29) is 11.9 Å². The van der Waals surface area contributed by atoms with Crippen LogP contribution in [0.1, 0.15) is 19.3 Å². The van der Waals surface area contributed by atoms with E-state index >= 15 is 0 Å². The Morgan fingerprint density at radius 3 is 2.88 bits per heavy atom. The number of aromatic nitrogens is 3. The molecular weight excluding hydrogens is 210 g/mol. The van der Waals surface area contributed by atoms with Crippen molar-refractivity contribution >= 4 is 5.82 Å². The molecule has 16 heavy (non-hydrogen) atoms. The van der Waals surface area contributed by atoms with Gasteiger partial charge in [-0.3, -0.25) is 9.78 Å². The number of hydrogen-bond acceptors (Lipinski definition) is 5. The van der Waals surface area contributed by atoms with Crippen LogP contribution in [-0.4, -0.2) is 27.8 Å². The minimum Gasteiger partial charge on any atom is -0.364 e. The van der Waals surface area contributed by atoms with Gasteiger partial charge in [0, 0.05) is 12.6 Å². The van der Waals surface area contributed by atoms with E-state index in [1.54, 1.807) is 0 Å². The van der Waals surface area contributed by atoms with E-state index in [0.717, 1.165) is 19.3 Å². The first-order chi connectivity index (χ1) is 7.66. The summed E-state index contributed by atoms with van der Waals surface area (Å²) in [6, 6.07) is 0.189. The maximum Gasteiger partial charge on any atom is 0.342 e. The lowest BCUT2D eigenvalue weighted by Gasteiger charge is -2.15. The molecule has 2 unspecified atom stereocenters. The highest BCUT2D eigenvalue weighted by molar-refractivity contribution is 5.28. The first kappa shape index (κ1) is 10.9. The van der Waals surface area contributed by atoms with Crippen molar-refractivity contribution in [2.45, 2.75) is 25.3 Å². The Bertz CT molecular complexity index is 465. The molecule has 1 aliphatic rings. The lowest BCUT2D eigenvalue weighted by Crippen LogP contribution is -2.32. The Morgan fingerprint density at radius 2 is 2.25 bits per heavy atom. The minimum atomic E-state index is -0.604. The summed E-state index contributed by atoms with van der Waals surface area (Å²) in [6.07, 6.45) is 3.22. The van der Waals surface area contributed by atoms with Crippen molar-refractivity contribution in [3.8, 4) is 0 Å². The predicted molar refractivity (Wildman–Crippen MR) is 59.3 cm³/mol. The number of H-pyrrole nitrogens is 2. The van der Waals surface area contributed by atoms with Gasteiger partial charge in [-0.25, -0.2) is 9.89 Å². The number of nitrogens with one attached hydrogen (secondary N) is 3. The van der Waals surface area contributed by atoms with Gasteiger partial charge in [0.25, 0.3) is 5.56 Å². The van der Waals surface area contributed by atoms with Crippen LogP contribution in [0, 0.1) is 5.92 Å². The molecule has 5 N–H and O–H groups in total. The fourth-order valence-corrected chi connectivity index (χ4v) is 2.01. The third-order valence-electron chi connectivity index (χ3n) is 2.96. The zero-order chi connectivity index (χ0) is 11.5. The summed E-state index contributed by atoms with van der Waals surface area (Å²) in [5.41, 5.74) is 4.79. The number of rotatable bonds is 3. The lowest BCUT2D eigenvalue weighted by molar-refractivity contribution is 0.504. The quantitative estimate of drug-likeness (QED) is 0.526. The van der Waals surface area contributed by atoms with Crippen LogP contribution in [-0.2, 0) is 0 Å². The maximum absolute atomic E-state index is 11.3. The molecule has 0 spiro atoms. The predicted octanol–water partition coefficient (Wildman–Crippen LogP) is -1.00. The molecule has 0 aromatic carbocycles. The van der Waals surface area contributed by atoms with Crippen molar-refractivity contribution in [1.29, 1.82) is 0 Å². The van der Waals surface area contributed by atoms with Crippen LogP contribution in [0.5, 0.6) is 0 Å². The van der Waals surface area contributed by atoms with E-state index < -0.39 is 11.2 Å². The molecule has 0 aliphatic heterocycles. The highest BCUT2D eigenvalue weighted by atomic mass is 16.2. The molecule has 7 nitrogen and oxygen atoms in total. The standard InChI is InChI=1S/C9H15N5O2/c10-6-3-1-2-5(6)4-11-7-8(15)12-9(16)14-13-7/h5-6H,1-4,10H2,(H,11,13)(H2,12,14,15,16). The second kappa shape index (κ2) is 4.48. The summed E-state index contributed by atoms with van der Waals surface area (Å²) >= 11 is 0. The molecule has 0 saturated heterocycles. The van der Waals surface area contributed by atoms with Crippen molar-refractivity contribution in [2.75, 3.05) is 11.9 Å². The molecule has 1 heterocycles. The van der Waals surface area contributed by atoms with Crippen LogP contribution in [0.25, 0.3) is 0 Å². The van der Waals surface area contributed by atoms with Crippen LogP contribution in [0.2, 0.25) is 0 Å². The molecule has 1 aromatic rings. The Balaban J connectivity index is 1.99. The molecule has 0 radical (unpaired) electrons. The molecule has 0 amide bonds. The van der Waals surface area contributed by atoms with Gasteiger partial charge >= 0.3 is 5.69 Å². The first-order valence-corrected chi connectivity index (χ1v) is 5.35. The molecule has 1 saturated carbocycles. The van der Waals surface area contributed by atoms with Gasteiger partial charge in [-0.2, -0.15) is 0 Å². The van der Waals surface area contributed by atoms with Gasteiger partial charge in [-0.15, -0.1) is 5.10 Å². The smallest absolute Gasteiger partial charge is 0.342 e. The Labute approximate surface area is 91.5 Å². The Morgan fingerprint density at radius 1 is 1.44 bits per heavy atom. The Hall–Kier alpha value is -1.63. The zero-order valence-corrected chi connectivity index (χ0v) is 8.82. The van der Waals surface area contributed by atoms with Crippen LogP contribution in [0.4, 0.5) is 5.82 Å². The van der Waals surface area contributed by atoms with Crippen molar-refractivity contribution in [1.82, 2.24) is 15.2 Å². The molecule has 7 heteroatoms. The van der Waals surface area contributed by atoms with Gasteiger partial charge in [0.2, 0.25) is 5.82 Å². The highest BCUT2D eigenvalue weighted by Gasteiger charge is 2.23. The number of hydrogen-bond donors (Lipinski definition) is 4. The number of anilines is 1. The third kappa shape index (κ3) is 2.30. The SMILES string of the molecule is NC1CCCC1CNc1n[nH]c(=O)[nH]c1=O. The van der Waals surface area contributed by atoms with E-state index in [0.29, 0.717) is 12.5 Å². The Kier molecular flexibility index (Phi) is 3.04. The summed E-state index contributed by atoms with van der Waals surface area (Å²) in [7, 11) is 0. The van der Waals surface area contributed by atoms with E-state index in [4.69, 9.17) is 5.73 Å². The average Bonchev–Trinajstić information content (AvgIpc) is 2.63. The average molecular weight is 225 g/mol. The number of aromatic amines is 2. The van der Waals surface area contributed by atoms with E-state index in [2.05, 4.69) is 20.5 Å². The molecular formula is C9H15N5O2. The topological polar surface area (TPSA) is 117 Å². The minimum absolute atomic E-state index is 0.138. The summed E-state index contributed by atoms with van der Waals surface area (Å²) in [5.74, 6) is 0.506. The first-order valence-electron chi connectivity index (χ1n) is 5.35. The molecule has 1 aliphatic carbocycles. The normalized spacial score (nSPS) is 24.6. The number of nitrogens with two attached hydrogens (primary N) is 1. The zero-order valence-electron chi connectivity index (χ0n) is 8.82. The highest BCUT2D eigenvalue weighted by Crippen LogP contribution is 2.23. The van der Waals surface area contributed by atoms with Crippen molar-refractivity contribution in [2.24, 2.45) is 11.7 Å². The van der Waals surface area contributed by atoms with Gasteiger partial charge in [0.15, 0.2) is 0 Å². The van der Waals surface area contributed by atoms with Gasteiger partial charge in [-0.1, -0.05) is 6.42 Å². The van der Waals surface area contributed by atoms with E-state index in [1.807, 2.05) is 0 Å². The van der Waals surface area contributed by atoms with Crippen molar-refractivity contribution in [3.05, 3.63) is 20.8 Å². The van der Waals surface area contributed by atoms with Gasteiger partial charge in [0.05, 0.1) is 0 Å². The summed E-state index contributed by atoms with van der Waals surface area (Å²) in [6.45, 7) is 0.614. The molecule has 1 aromatic heterocycles. The van der Waals surface area contributed by atoms with Crippen LogP contribution >= 0.6 is 0 Å². The second-order valence-corrected chi connectivity index (χ2v) is 4.09. The van der Waals surface area contributed by atoms with Crippen molar-refractivity contribution in [3.63, 3.8) is 0 Å². The molecule has 88 valence electrons. The van der Waals surface area contributed by atoms with Crippen molar-refractivity contribution < 1.29 is 0 Å². The summed E-state index contributed by atoms with van der Waals surface area (Å²) < 4.78 is 0. The maximum atomic E-state index is 11.3. The lowest BCUT2D eigenvalue weighted by atomic mass is 10.1. The molecule has 1 fully saturated rings. The monoisotopic (exact) mass is 225 g/mol.